The molecule has 0 aliphatic heterocycles. The summed E-state index contributed by atoms with van der Waals surface area (Å²) in [7, 11) is 0. The largest absolute Gasteiger partial charge is 0.348 e. The summed E-state index contributed by atoms with van der Waals surface area (Å²) < 4.78 is 1.98. The standard InChI is InChI=1S/C21H28N4O2/c1-14(26)22-13-20(27)24-18-6-5-7-19-17(18)12-23-25(19)16-10-8-15(9-11-16)21(2,3)4/h8-12,18H,5-7,13H2,1-4H3,(H,22,26)(H,24,27)/t18-/m1/s1. The van der Waals surface area contributed by atoms with Crippen LogP contribution in [0.2, 0.25) is 0 Å². The van der Waals surface area contributed by atoms with Gasteiger partial charge in [0.25, 0.3) is 0 Å². The van der Waals surface area contributed by atoms with Gasteiger partial charge in [-0.15, -0.1) is 0 Å². The molecule has 3 rings (SSSR count). The van der Waals surface area contributed by atoms with E-state index in [0.717, 1.165) is 36.2 Å². The Morgan fingerprint density at radius 1 is 1.22 bits per heavy atom. The minimum atomic E-state index is -0.207. The van der Waals surface area contributed by atoms with Crippen molar-refractivity contribution in [2.75, 3.05) is 6.54 Å². The van der Waals surface area contributed by atoms with Gasteiger partial charge in [0, 0.05) is 18.2 Å². The number of aromatic nitrogens is 2. The molecule has 2 N–H and O–H groups in total. The summed E-state index contributed by atoms with van der Waals surface area (Å²) in [5.74, 6) is -0.383. The van der Waals surface area contributed by atoms with Crippen LogP contribution < -0.4 is 10.6 Å². The number of benzene rings is 1. The number of carbonyl (C=O) groups is 2. The maximum absolute atomic E-state index is 12.1. The first-order valence-electron chi connectivity index (χ1n) is 9.47. The van der Waals surface area contributed by atoms with Gasteiger partial charge in [0.1, 0.15) is 0 Å². The highest BCUT2D eigenvalue weighted by Crippen LogP contribution is 2.31. The lowest BCUT2D eigenvalue weighted by Gasteiger charge is -2.24. The van der Waals surface area contributed by atoms with Crippen molar-refractivity contribution in [2.45, 2.75) is 58.4 Å². The van der Waals surface area contributed by atoms with E-state index in [1.54, 1.807) is 0 Å². The van der Waals surface area contributed by atoms with E-state index in [2.05, 4.69) is 60.8 Å². The second kappa shape index (κ2) is 7.55. The molecule has 0 saturated carbocycles. The number of nitrogens with one attached hydrogen (secondary N) is 2. The van der Waals surface area contributed by atoms with E-state index in [0.29, 0.717) is 0 Å². The van der Waals surface area contributed by atoms with Crippen molar-refractivity contribution in [2.24, 2.45) is 0 Å². The first-order chi connectivity index (χ1) is 12.8. The van der Waals surface area contributed by atoms with Crippen LogP contribution in [-0.4, -0.2) is 28.1 Å². The Morgan fingerprint density at radius 3 is 2.56 bits per heavy atom. The molecule has 27 heavy (non-hydrogen) atoms. The minimum Gasteiger partial charge on any atom is -0.348 e. The predicted octanol–water partition coefficient (Wildman–Crippen LogP) is 2.80. The zero-order valence-corrected chi connectivity index (χ0v) is 16.5. The van der Waals surface area contributed by atoms with E-state index < -0.39 is 0 Å². The molecule has 1 atom stereocenters. The van der Waals surface area contributed by atoms with Crippen LogP contribution in [0.1, 0.15) is 63.4 Å². The van der Waals surface area contributed by atoms with Crippen LogP contribution >= 0.6 is 0 Å². The molecule has 1 aliphatic rings. The molecular formula is C21H28N4O2. The SMILES string of the molecule is CC(=O)NCC(=O)N[C@@H]1CCCc2c1cnn2-c1ccc(C(C)(C)C)cc1. The predicted molar refractivity (Wildman–Crippen MR) is 105 cm³/mol. The second-order valence-electron chi connectivity index (χ2n) is 8.18. The monoisotopic (exact) mass is 368 g/mol. The Morgan fingerprint density at radius 2 is 1.93 bits per heavy atom. The normalized spacial score (nSPS) is 16.5. The molecule has 0 fully saturated rings. The third-order valence-electron chi connectivity index (χ3n) is 4.99. The number of rotatable bonds is 4. The third-order valence-corrected chi connectivity index (χ3v) is 4.99. The van der Waals surface area contributed by atoms with Gasteiger partial charge in [0.05, 0.1) is 24.5 Å². The van der Waals surface area contributed by atoms with Crippen molar-refractivity contribution in [1.29, 1.82) is 0 Å². The van der Waals surface area contributed by atoms with Crippen molar-refractivity contribution in [3.63, 3.8) is 0 Å². The number of hydrogen-bond acceptors (Lipinski definition) is 3. The fourth-order valence-corrected chi connectivity index (χ4v) is 3.48. The maximum Gasteiger partial charge on any atom is 0.239 e. The molecule has 0 saturated heterocycles. The van der Waals surface area contributed by atoms with E-state index in [9.17, 15) is 9.59 Å². The third kappa shape index (κ3) is 4.38. The molecule has 6 nitrogen and oxygen atoms in total. The molecule has 2 aromatic rings. The first-order valence-corrected chi connectivity index (χ1v) is 9.47. The first kappa shape index (κ1) is 19.1. The lowest BCUT2D eigenvalue weighted by Crippen LogP contribution is -2.38. The highest BCUT2D eigenvalue weighted by molar-refractivity contribution is 5.83. The maximum atomic E-state index is 12.1. The Balaban J connectivity index is 1.79. The summed E-state index contributed by atoms with van der Waals surface area (Å²) in [5, 5.41) is 10.1. The molecule has 6 heteroatoms. The van der Waals surface area contributed by atoms with Crippen LogP contribution in [0.4, 0.5) is 0 Å². The van der Waals surface area contributed by atoms with Gasteiger partial charge in [-0.1, -0.05) is 32.9 Å². The molecule has 0 unspecified atom stereocenters. The average molecular weight is 368 g/mol. The zero-order chi connectivity index (χ0) is 19.6. The molecule has 0 bridgehead atoms. The summed E-state index contributed by atoms with van der Waals surface area (Å²) in [5.41, 5.74) is 4.66. The topological polar surface area (TPSA) is 76.0 Å². The number of fused-ring (bicyclic) bond motifs is 1. The number of carbonyl (C=O) groups excluding carboxylic acids is 2. The van der Waals surface area contributed by atoms with Crippen LogP contribution in [0.15, 0.2) is 30.5 Å². The Kier molecular flexibility index (Phi) is 5.35. The summed E-state index contributed by atoms with van der Waals surface area (Å²) >= 11 is 0. The van der Waals surface area contributed by atoms with Crippen LogP contribution in [0.3, 0.4) is 0 Å². The van der Waals surface area contributed by atoms with Crippen molar-refractivity contribution in [1.82, 2.24) is 20.4 Å². The van der Waals surface area contributed by atoms with Gasteiger partial charge < -0.3 is 10.6 Å². The highest BCUT2D eigenvalue weighted by Gasteiger charge is 2.26. The van der Waals surface area contributed by atoms with E-state index in [1.807, 2.05) is 10.9 Å². The van der Waals surface area contributed by atoms with Crippen molar-refractivity contribution in [3.05, 3.63) is 47.3 Å². The van der Waals surface area contributed by atoms with Gasteiger partial charge in [-0.2, -0.15) is 5.10 Å². The number of nitrogens with zero attached hydrogens (tertiary/aromatic N) is 2. The lowest BCUT2D eigenvalue weighted by molar-refractivity contribution is -0.125. The Hall–Kier alpha value is -2.63. The number of hydrogen-bond donors (Lipinski definition) is 2. The molecule has 2 amide bonds. The fourth-order valence-electron chi connectivity index (χ4n) is 3.48. The molecule has 1 heterocycles. The fraction of sp³-hybridized carbons (Fsp3) is 0.476. The summed E-state index contributed by atoms with van der Waals surface area (Å²) in [6.45, 7) is 8.01. The van der Waals surface area contributed by atoms with E-state index in [-0.39, 0.29) is 29.8 Å². The second-order valence-corrected chi connectivity index (χ2v) is 8.18. The van der Waals surface area contributed by atoms with Crippen LogP contribution in [0, 0.1) is 0 Å². The highest BCUT2D eigenvalue weighted by atomic mass is 16.2. The van der Waals surface area contributed by atoms with Gasteiger partial charge in [-0.05, 0) is 42.4 Å². The molecular weight excluding hydrogens is 340 g/mol. The van der Waals surface area contributed by atoms with E-state index in [1.165, 1.54) is 12.5 Å². The zero-order valence-electron chi connectivity index (χ0n) is 16.5. The molecule has 1 aromatic heterocycles. The van der Waals surface area contributed by atoms with Gasteiger partial charge >= 0.3 is 0 Å². The van der Waals surface area contributed by atoms with E-state index in [4.69, 9.17) is 0 Å². The summed E-state index contributed by atoms with van der Waals surface area (Å²) in [4.78, 5) is 23.1. The average Bonchev–Trinajstić information content (AvgIpc) is 3.04. The van der Waals surface area contributed by atoms with Crippen LogP contribution in [0.5, 0.6) is 0 Å². The van der Waals surface area contributed by atoms with E-state index >= 15 is 0 Å². The Bertz CT molecular complexity index is 831. The van der Waals surface area contributed by atoms with Crippen molar-refractivity contribution < 1.29 is 9.59 Å². The smallest absolute Gasteiger partial charge is 0.239 e. The molecule has 0 spiro atoms. The van der Waals surface area contributed by atoms with Gasteiger partial charge in [0.15, 0.2) is 0 Å². The van der Waals surface area contributed by atoms with Gasteiger partial charge in [-0.25, -0.2) is 4.68 Å². The van der Waals surface area contributed by atoms with Crippen molar-refractivity contribution in [3.8, 4) is 5.69 Å². The molecule has 0 radical (unpaired) electrons. The molecule has 144 valence electrons. The molecule has 1 aliphatic carbocycles. The van der Waals surface area contributed by atoms with Gasteiger partial charge in [-0.3, -0.25) is 9.59 Å². The quantitative estimate of drug-likeness (QED) is 0.871. The van der Waals surface area contributed by atoms with Crippen molar-refractivity contribution >= 4 is 11.8 Å². The lowest BCUT2D eigenvalue weighted by atomic mass is 9.87. The minimum absolute atomic E-state index is 0.00354. The summed E-state index contributed by atoms with van der Waals surface area (Å²) in [6.07, 6.45) is 4.67. The summed E-state index contributed by atoms with van der Waals surface area (Å²) in [6, 6.07) is 8.45. The van der Waals surface area contributed by atoms with Crippen LogP contribution in [-0.2, 0) is 21.4 Å². The molecule has 1 aromatic carbocycles. The Labute approximate surface area is 160 Å². The van der Waals surface area contributed by atoms with Gasteiger partial charge in [0.2, 0.25) is 11.8 Å². The van der Waals surface area contributed by atoms with Crippen LogP contribution in [0.25, 0.3) is 5.69 Å². The number of amides is 2.